The lowest BCUT2D eigenvalue weighted by atomic mass is 9.86. The fourth-order valence-electron chi connectivity index (χ4n) is 4.12. The molecule has 1 aliphatic carbocycles. The Morgan fingerprint density at radius 2 is 2.15 bits per heavy atom. The highest BCUT2D eigenvalue weighted by Gasteiger charge is 2.29. The molecule has 1 aliphatic rings. The van der Waals surface area contributed by atoms with E-state index < -0.39 is 15.7 Å². The molecule has 9 nitrogen and oxygen atoms in total. The van der Waals surface area contributed by atoms with Crippen LogP contribution in [0.25, 0.3) is 11.0 Å². The van der Waals surface area contributed by atoms with Crippen molar-refractivity contribution >= 4 is 38.3 Å². The molecule has 2 aromatic heterocycles. The van der Waals surface area contributed by atoms with Crippen molar-refractivity contribution in [1.82, 2.24) is 20.3 Å². The molecular weight excluding hydrogens is 449 g/mol. The summed E-state index contributed by atoms with van der Waals surface area (Å²) in [5.41, 5.74) is 3.27. The lowest BCUT2D eigenvalue weighted by Crippen LogP contribution is -2.35. The van der Waals surface area contributed by atoms with E-state index in [1.807, 2.05) is 0 Å². The van der Waals surface area contributed by atoms with Crippen molar-refractivity contribution in [1.29, 1.82) is 0 Å². The van der Waals surface area contributed by atoms with Crippen molar-refractivity contribution in [2.75, 3.05) is 31.0 Å². The Bertz CT molecular complexity index is 1290. The Labute approximate surface area is 191 Å². The molecule has 1 atom stereocenters. The number of fused-ring (bicyclic) bond motifs is 3. The molecule has 0 aliphatic heterocycles. The Kier molecular flexibility index (Phi) is 6.50. The number of anilines is 2. The van der Waals surface area contributed by atoms with Crippen LogP contribution >= 0.6 is 0 Å². The summed E-state index contributed by atoms with van der Waals surface area (Å²) < 4.78 is 41.4. The number of carbonyl (C=O) groups excluding carboxylic acids is 1. The second-order valence-electron chi connectivity index (χ2n) is 8.22. The van der Waals surface area contributed by atoms with E-state index in [0.29, 0.717) is 49.4 Å². The molecule has 1 aromatic carbocycles. The number of nitrogens with one attached hydrogen (secondary N) is 3. The molecule has 176 valence electrons. The van der Waals surface area contributed by atoms with E-state index in [-0.39, 0.29) is 23.3 Å². The maximum absolute atomic E-state index is 13.8. The summed E-state index contributed by atoms with van der Waals surface area (Å²) >= 11 is 0. The monoisotopic (exact) mass is 475 g/mol. The number of H-pyrrole nitrogens is 1. The van der Waals surface area contributed by atoms with E-state index in [0.717, 1.165) is 16.6 Å². The molecule has 33 heavy (non-hydrogen) atoms. The first-order valence-corrected chi connectivity index (χ1v) is 12.7. The summed E-state index contributed by atoms with van der Waals surface area (Å²) in [4.78, 5) is 24.8. The van der Waals surface area contributed by atoms with Crippen LogP contribution < -0.4 is 15.4 Å². The highest BCUT2D eigenvalue weighted by atomic mass is 32.2. The quantitative estimate of drug-likeness (QED) is 0.427. The van der Waals surface area contributed by atoms with Gasteiger partial charge in [0.15, 0.2) is 11.6 Å². The number of carbonyl (C=O) groups is 1. The maximum Gasteiger partial charge on any atom is 0.223 e. The first kappa shape index (κ1) is 23.0. The van der Waals surface area contributed by atoms with Crippen LogP contribution in [0.1, 0.15) is 24.1 Å². The van der Waals surface area contributed by atoms with E-state index in [9.17, 15) is 17.6 Å². The lowest BCUT2D eigenvalue weighted by molar-refractivity contribution is -0.125. The largest absolute Gasteiger partial charge is 0.494 e. The normalized spacial score (nSPS) is 15.8. The predicted octanol–water partition coefficient (Wildman–Crippen LogP) is 2.50. The van der Waals surface area contributed by atoms with Gasteiger partial charge in [-0.2, -0.15) is 0 Å². The summed E-state index contributed by atoms with van der Waals surface area (Å²) in [6, 6.07) is 4.46. The molecule has 3 N–H and O–H groups in total. The van der Waals surface area contributed by atoms with Crippen molar-refractivity contribution in [3.63, 3.8) is 0 Å². The first-order valence-electron chi connectivity index (χ1n) is 10.7. The van der Waals surface area contributed by atoms with Gasteiger partial charge < -0.3 is 20.4 Å². The van der Waals surface area contributed by atoms with Crippen LogP contribution in [0.15, 0.2) is 24.5 Å². The number of benzene rings is 1. The van der Waals surface area contributed by atoms with Gasteiger partial charge >= 0.3 is 0 Å². The Morgan fingerprint density at radius 3 is 2.91 bits per heavy atom. The van der Waals surface area contributed by atoms with Gasteiger partial charge in [-0.15, -0.1) is 0 Å². The lowest BCUT2D eigenvalue weighted by Gasteiger charge is -2.22. The van der Waals surface area contributed by atoms with Crippen LogP contribution in [0.3, 0.4) is 0 Å². The van der Waals surface area contributed by atoms with E-state index in [2.05, 4.69) is 25.6 Å². The number of hydrogen-bond acceptors (Lipinski definition) is 7. The molecule has 0 spiro atoms. The van der Waals surface area contributed by atoms with Gasteiger partial charge in [0.25, 0.3) is 0 Å². The fourth-order valence-corrected chi connectivity index (χ4v) is 4.79. The Morgan fingerprint density at radius 1 is 1.33 bits per heavy atom. The van der Waals surface area contributed by atoms with Gasteiger partial charge in [-0.1, -0.05) is 0 Å². The zero-order chi connectivity index (χ0) is 23.6. The highest BCUT2D eigenvalue weighted by molar-refractivity contribution is 7.90. The van der Waals surface area contributed by atoms with Crippen LogP contribution in [0.5, 0.6) is 5.75 Å². The van der Waals surface area contributed by atoms with Crippen LogP contribution in [-0.2, 0) is 27.5 Å². The standard InChI is InChI=1S/C22H26FN5O4S/c1-32-18-11-14(5-6-16(18)23)27-20-19-15-10-13(22(29)24-8-3-9-33(2,30)31)4-7-17(15)28-21(19)26-12-25-20/h5-6,11-13H,3-4,7-10H2,1-2H3,(H,24,29)(H2,25,26,27,28). The topological polar surface area (TPSA) is 126 Å². The van der Waals surface area contributed by atoms with E-state index >= 15 is 0 Å². The Balaban J connectivity index is 1.53. The van der Waals surface area contributed by atoms with Crippen LogP contribution in [0.4, 0.5) is 15.9 Å². The third-order valence-corrected chi connectivity index (χ3v) is 6.78. The van der Waals surface area contributed by atoms with Crippen molar-refractivity contribution in [2.24, 2.45) is 5.92 Å². The molecule has 11 heteroatoms. The summed E-state index contributed by atoms with van der Waals surface area (Å²) in [6.45, 7) is 0.325. The molecule has 0 saturated carbocycles. The minimum absolute atomic E-state index is 0.0467. The molecule has 2 heterocycles. The second kappa shape index (κ2) is 9.34. The van der Waals surface area contributed by atoms with Gasteiger partial charge in [0.1, 0.15) is 27.6 Å². The van der Waals surface area contributed by atoms with E-state index in [1.165, 1.54) is 25.8 Å². The summed E-state index contributed by atoms with van der Waals surface area (Å²) in [5, 5.41) is 6.87. The van der Waals surface area contributed by atoms with Crippen molar-refractivity contribution in [2.45, 2.75) is 25.7 Å². The molecule has 0 radical (unpaired) electrons. The van der Waals surface area contributed by atoms with Gasteiger partial charge in [-0.3, -0.25) is 4.79 Å². The molecule has 0 saturated heterocycles. The predicted molar refractivity (Wildman–Crippen MR) is 123 cm³/mol. The number of rotatable bonds is 8. The van der Waals surface area contributed by atoms with Gasteiger partial charge in [0, 0.05) is 36.2 Å². The van der Waals surface area contributed by atoms with Crippen LogP contribution in [0, 0.1) is 11.7 Å². The second-order valence-corrected chi connectivity index (χ2v) is 10.5. The van der Waals surface area contributed by atoms with Gasteiger partial charge in [0.05, 0.1) is 18.2 Å². The molecule has 0 fully saturated rings. The summed E-state index contributed by atoms with van der Waals surface area (Å²) in [6.07, 6.45) is 4.91. The van der Waals surface area contributed by atoms with Gasteiger partial charge in [-0.05, 0) is 43.4 Å². The third kappa shape index (κ3) is 5.24. The van der Waals surface area contributed by atoms with Crippen molar-refractivity contribution < 1.29 is 22.3 Å². The van der Waals surface area contributed by atoms with Crippen molar-refractivity contribution in [3.05, 3.63) is 41.6 Å². The zero-order valence-electron chi connectivity index (χ0n) is 18.4. The smallest absolute Gasteiger partial charge is 0.223 e. The third-order valence-electron chi connectivity index (χ3n) is 5.75. The SMILES string of the molecule is COc1cc(Nc2ncnc3[nH]c4c(c23)CC(C(=O)NCCCS(C)(=O)=O)CC4)ccc1F. The summed E-state index contributed by atoms with van der Waals surface area (Å²) in [7, 11) is -1.64. The zero-order valence-corrected chi connectivity index (χ0v) is 19.3. The number of hydrogen-bond donors (Lipinski definition) is 3. The molecular formula is C22H26FN5O4S. The number of aromatic nitrogens is 3. The number of aryl methyl sites for hydroxylation is 1. The van der Waals surface area contributed by atoms with E-state index in [4.69, 9.17) is 4.74 Å². The van der Waals surface area contributed by atoms with Gasteiger partial charge in [-0.25, -0.2) is 22.8 Å². The minimum atomic E-state index is -3.05. The molecule has 4 rings (SSSR count). The number of aromatic amines is 1. The van der Waals surface area contributed by atoms with Crippen LogP contribution in [0.2, 0.25) is 0 Å². The minimum Gasteiger partial charge on any atom is -0.494 e. The highest BCUT2D eigenvalue weighted by Crippen LogP contribution is 2.35. The molecule has 1 amide bonds. The fraction of sp³-hybridized carbons (Fsp3) is 0.409. The number of sulfone groups is 1. The first-order chi connectivity index (χ1) is 15.7. The van der Waals surface area contributed by atoms with Crippen LogP contribution in [-0.4, -0.2) is 54.9 Å². The number of nitrogens with zero attached hydrogens (tertiary/aromatic N) is 2. The molecule has 1 unspecified atom stereocenters. The Hall–Kier alpha value is -3.21. The van der Waals surface area contributed by atoms with Gasteiger partial charge in [0.2, 0.25) is 5.91 Å². The molecule has 0 bridgehead atoms. The number of methoxy groups -OCH3 is 1. The average Bonchev–Trinajstić information content (AvgIpc) is 3.16. The average molecular weight is 476 g/mol. The summed E-state index contributed by atoms with van der Waals surface area (Å²) in [5.74, 6) is -0.0491. The number of amides is 1. The number of halogens is 1. The van der Waals surface area contributed by atoms with Crippen molar-refractivity contribution in [3.8, 4) is 5.75 Å². The number of ether oxygens (including phenoxy) is 1. The van der Waals surface area contributed by atoms with E-state index in [1.54, 1.807) is 12.1 Å². The molecule has 3 aromatic rings. The maximum atomic E-state index is 13.8.